The van der Waals surface area contributed by atoms with Gasteiger partial charge in [-0.25, -0.2) is 18.8 Å². The third-order valence-corrected chi connectivity index (χ3v) is 14.9. The minimum atomic E-state index is -2.25. The molecule has 13 atom stereocenters. The summed E-state index contributed by atoms with van der Waals surface area (Å²) >= 11 is 0. The fourth-order valence-corrected chi connectivity index (χ4v) is 11.5. The summed E-state index contributed by atoms with van der Waals surface area (Å²) in [7, 11) is 0. The van der Waals surface area contributed by atoms with Crippen LogP contribution in [0.3, 0.4) is 0 Å². The van der Waals surface area contributed by atoms with Crippen molar-refractivity contribution < 1.29 is 72.0 Å². The molecule has 8 rings (SSSR count). The zero-order valence-electron chi connectivity index (χ0n) is 37.7. The SMILES string of the molecule is CC(=O)O[C@@]12CO[C@@H]1CC[C@@]1(C)[C@@H]3O[C@H](CN4CC[C@H]4CO)O[C@@H]3C3=C(C)[C@@H](OC(=O)[C@H](O)[C@@H](NC(=O)OC(C)C)c4ncccc4F)C[C@@](O)([C@@H](OC(=O)c4ccccc4)[C@@H]12)C3(C)C. The van der Waals surface area contributed by atoms with E-state index in [1.165, 1.54) is 19.2 Å². The summed E-state index contributed by atoms with van der Waals surface area (Å²) in [6.45, 7) is 12.6. The van der Waals surface area contributed by atoms with E-state index < -0.39 is 125 Å². The van der Waals surface area contributed by atoms with Gasteiger partial charge in [-0.05, 0) is 75.4 Å². The van der Waals surface area contributed by atoms with Gasteiger partial charge in [0.05, 0.1) is 36.9 Å². The molecule has 3 aliphatic carbocycles. The number of halogens is 1. The lowest BCUT2D eigenvalue weighted by atomic mass is 9.45. The number of aliphatic hydroxyl groups excluding tert-OH is 2. The molecule has 0 radical (unpaired) electrons. The Labute approximate surface area is 376 Å². The Kier molecular flexibility index (Phi) is 12.7. The van der Waals surface area contributed by atoms with E-state index in [2.05, 4.69) is 15.2 Å². The molecule has 65 heavy (non-hydrogen) atoms. The second kappa shape index (κ2) is 17.6. The Hall–Kier alpha value is -4.56. The first kappa shape index (κ1) is 47.0. The third-order valence-electron chi connectivity index (χ3n) is 14.9. The van der Waals surface area contributed by atoms with Gasteiger partial charge in [-0.1, -0.05) is 39.0 Å². The Morgan fingerprint density at radius 1 is 1.05 bits per heavy atom. The standard InChI is InChI=1S/C47H60FN3O14/c1-24(2)60-43(57)50-35(34-29(48)14-11-18-49-34)36(54)42(56)61-30-20-47(58)40(64-41(55)27-12-9-8-10-13-27)38-45(7,17-15-31-46(38,23-59-31)65-26(4)53)39-37(33(25(30)3)44(47,5)6)62-32(63-39)21-51-19-16-28(51)22-52/h8-14,18,24,28,30-32,35-40,52,54,58H,15-17,19-23H2,1-7H3,(H,50,57)/t28-,30-,31+,32+,35-,36+,37+,38-,39+,40-,45+,46-,47+/m0/s1. The maximum atomic E-state index is 15.3. The van der Waals surface area contributed by atoms with Gasteiger partial charge in [-0.3, -0.25) is 14.7 Å². The van der Waals surface area contributed by atoms with Crippen molar-refractivity contribution in [1.29, 1.82) is 0 Å². The number of carbonyl (C=O) groups is 4. The second-order valence-electron chi connectivity index (χ2n) is 19.4. The van der Waals surface area contributed by atoms with Crippen LogP contribution in [0.2, 0.25) is 0 Å². The maximum Gasteiger partial charge on any atom is 0.408 e. The van der Waals surface area contributed by atoms with Crippen LogP contribution in [0.1, 0.15) is 96.2 Å². The van der Waals surface area contributed by atoms with Crippen molar-refractivity contribution in [1.82, 2.24) is 15.2 Å². The van der Waals surface area contributed by atoms with Gasteiger partial charge in [-0.15, -0.1) is 0 Å². The topological polar surface area (TPSA) is 222 Å². The lowest BCUT2D eigenvalue weighted by molar-refractivity contribution is -0.345. The number of aliphatic hydroxyl groups is 3. The van der Waals surface area contributed by atoms with Gasteiger partial charge in [-0.2, -0.15) is 0 Å². The minimum Gasteiger partial charge on any atom is -0.456 e. The number of alkyl carbamates (subject to hydrolysis) is 1. The normalized spacial score (nSPS) is 35.6. The molecular weight excluding hydrogens is 850 g/mol. The lowest BCUT2D eigenvalue weighted by Crippen LogP contribution is -2.79. The van der Waals surface area contributed by atoms with Gasteiger partial charge in [0, 0.05) is 49.5 Å². The van der Waals surface area contributed by atoms with Crippen molar-refractivity contribution in [3.63, 3.8) is 0 Å². The van der Waals surface area contributed by atoms with Crippen LogP contribution in [0, 0.1) is 22.6 Å². The van der Waals surface area contributed by atoms with Gasteiger partial charge in [0.2, 0.25) is 0 Å². The largest absolute Gasteiger partial charge is 0.456 e. The van der Waals surface area contributed by atoms with Crippen molar-refractivity contribution in [3.8, 4) is 0 Å². The predicted octanol–water partition coefficient (Wildman–Crippen LogP) is 3.68. The predicted molar refractivity (Wildman–Crippen MR) is 225 cm³/mol. The van der Waals surface area contributed by atoms with Gasteiger partial charge in [0.25, 0.3) is 0 Å². The average molecular weight is 910 g/mol. The van der Waals surface area contributed by atoms with E-state index >= 15 is 4.39 Å². The molecule has 0 unspecified atom stereocenters. The van der Waals surface area contributed by atoms with Crippen LogP contribution in [-0.4, -0.2) is 142 Å². The van der Waals surface area contributed by atoms with Gasteiger partial charge in [0.1, 0.15) is 47.6 Å². The van der Waals surface area contributed by atoms with E-state index in [1.807, 2.05) is 6.92 Å². The molecule has 5 fully saturated rings. The van der Waals surface area contributed by atoms with E-state index in [0.29, 0.717) is 37.1 Å². The van der Waals surface area contributed by atoms with Gasteiger partial charge >= 0.3 is 24.0 Å². The van der Waals surface area contributed by atoms with Gasteiger partial charge in [0.15, 0.2) is 18.0 Å². The molecule has 2 bridgehead atoms. The molecule has 2 saturated carbocycles. The van der Waals surface area contributed by atoms with Crippen LogP contribution in [-0.2, 0) is 42.7 Å². The summed E-state index contributed by atoms with van der Waals surface area (Å²) in [6.07, 6.45) is -7.55. The Bertz CT molecular complexity index is 2190. The fraction of sp³-hybridized carbons (Fsp3) is 0.638. The number of carbonyl (C=O) groups excluding carboxylic acids is 4. The molecule has 3 aliphatic heterocycles. The number of nitrogens with one attached hydrogen (secondary N) is 1. The van der Waals surface area contributed by atoms with E-state index in [1.54, 1.807) is 65.0 Å². The first-order valence-corrected chi connectivity index (χ1v) is 22.4. The summed E-state index contributed by atoms with van der Waals surface area (Å²) in [4.78, 5) is 61.0. The van der Waals surface area contributed by atoms with Crippen LogP contribution < -0.4 is 5.32 Å². The van der Waals surface area contributed by atoms with Crippen LogP contribution in [0.5, 0.6) is 0 Å². The van der Waals surface area contributed by atoms with E-state index in [-0.39, 0.29) is 24.8 Å². The number of amides is 1. The van der Waals surface area contributed by atoms with Crippen LogP contribution in [0.4, 0.5) is 9.18 Å². The molecule has 0 spiro atoms. The molecule has 17 nitrogen and oxygen atoms in total. The van der Waals surface area contributed by atoms with Crippen molar-refractivity contribution in [2.75, 3.05) is 26.3 Å². The fourth-order valence-electron chi connectivity index (χ4n) is 11.5. The van der Waals surface area contributed by atoms with Crippen molar-refractivity contribution >= 4 is 24.0 Å². The van der Waals surface area contributed by atoms with E-state index in [0.717, 1.165) is 12.5 Å². The summed E-state index contributed by atoms with van der Waals surface area (Å²) in [5.41, 5.74) is -5.33. The maximum absolute atomic E-state index is 15.3. The Morgan fingerprint density at radius 3 is 2.40 bits per heavy atom. The molecule has 1 aromatic carbocycles. The van der Waals surface area contributed by atoms with E-state index in [4.69, 9.17) is 33.2 Å². The lowest BCUT2D eigenvalue weighted by Gasteiger charge is -2.68. The number of hydrogen-bond acceptors (Lipinski definition) is 16. The zero-order chi connectivity index (χ0) is 46.8. The molecule has 4 N–H and O–H groups in total. The number of fused-ring (bicyclic) bond motifs is 8. The van der Waals surface area contributed by atoms with Crippen LogP contribution >= 0.6 is 0 Å². The second-order valence-corrected chi connectivity index (χ2v) is 19.4. The molecule has 4 heterocycles. The molecule has 3 saturated heterocycles. The van der Waals surface area contributed by atoms with Crippen LogP contribution in [0.15, 0.2) is 59.8 Å². The minimum absolute atomic E-state index is 0.0500. The number of hydrogen-bond donors (Lipinski definition) is 4. The number of nitrogens with zero attached hydrogens (tertiary/aromatic N) is 2. The number of pyridine rings is 1. The first-order chi connectivity index (χ1) is 30.7. The van der Waals surface area contributed by atoms with Crippen LogP contribution in [0.25, 0.3) is 0 Å². The molecule has 2 aromatic rings. The summed E-state index contributed by atoms with van der Waals surface area (Å²) in [6, 6.07) is 8.75. The van der Waals surface area contributed by atoms with Crippen molar-refractivity contribution in [3.05, 3.63) is 76.9 Å². The first-order valence-electron chi connectivity index (χ1n) is 22.4. The highest BCUT2D eigenvalue weighted by atomic mass is 19.1. The molecule has 1 aromatic heterocycles. The highest BCUT2D eigenvalue weighted by Crippen LogP contribution is 2.66. The molecule has 1 amide bonds. The molecule has 6 aliphatic rings. The molecule has 354 valence electrons. The van der Waals surface area contributed by atoms with Crippen molar-refractivity contribution in [2.45, 2.75) is 146 Å². The Morgan fingerprint density at radius 2 is 1.78 bits per heavy atom. The summed E-state index contributed by atoms with van der Waals surface area (Å²) in [5, 5.41) is 38.1. The number of esters is 3. The highest BCUT2D eigenvalue weighted by Gasteiger charge is 2.77. The number of rotatable bonds is 12. The third kappa shape index (κ3) is 8.01. The molecule has 18 heteroatoms. The highest BCUT2D eigenvalue weighted by molar-refractivity contribution is 5.89. The monoisotopic (exact) mass is 909 g/mol. The summed E-state index contributed by atoms with van der Waals surface area (Å²) in [5.74, 6) is -4.62. The number of ether oxygens (including phenoxy) is 7. The Balaban J connectivity index is 1.27. The van der Waals surface area contributed by atoms with Gasteiger partial charge < -0.3 is 53.8 Å². The smallest absolute Gasteiger partial charge is 0.408 e. The summed E-state index contributed by atoms with van der Waals surface area (Å²) < 4.78 is 59.8. The van der Waals surface area contributed by atoms with E-state index in [9.17, 15) is 34.5 Å². The van der Waals surface area contributed by atoms with Crippen molar-refractivity contribution in [2.24, 2.45) is 16.7 Å². The quantitative estimate of drug-likeness (QED) is 0.136. The number of likely N-dealkylation sites (tertiary alicyclic amines) is 1. The zero-order valence-corrected chi connectivity index (χ0v) is 37.7. The average Bonchev–Trinajstić information content (AvgIpc) is 3.65. The molecular formula is C47H60FN3O14. The number of aromatic nitrogens is 1. The number of benzene rings is 1.